The van der Waals surface area contributed by atoms with E-state index in [1.54, 1.807) is 6.33 Å². The number of hydrogen-bond donors (Lipinski definition) is 0. The molecule has 0 spiro atoms. The molecule has 1 fully saturated rings. The fraction of sp³-hybridized carbons (Fsp3) is 0.714. The van der Waals surface area contributed by atoms with Crippen LogP contribution in [0.3, 0.4) is 0 Å². The molecule has 106 valence electrons. The Morgan fingerprint density at radius 3 is 2.74 bits per heavy atom. The zero-order valence-electron chi connectivity index (χ0n) is 12.2. The van der Waals surface area contributed by atoms with Crippen LogP contribution in [0.1, 0.15) is 38.2 Å². The Kier molecular flexibility index (Phi) is 4.63. The van der Waals surface area contributed by atoms with Gasteiger partial charge in [0.1, 0.15) is 17.3 Å². The summed E-state index contributed by atoms with van der Waals surface area (Å²) in [6, 6.07) is 0.586. The zero-order valence-corrected chi connectivity index (χ0v) is 13.0. The van der Waals surface area contributed by atoms with Gasteiger partial charge in [0.05, 0.1) is 0 Å². The van der Waals surface area contributed by atoms with Crippen molar-refractivity contribution < 1.29 is 0 Å². The number of anilines is 1. The van der Waals surface area contributed by atoms with Gasteiger partial charge in [0.25, 0.3) is 0 Å². The van der Waals surface area contributed by atoms with Crippen LogP contribution in [0, 0.1) is 0 Å². The topological polar surface area (TPSA) is 32.3 Å². The van der Waals surface area contributed by atoms with Crippen LogP contribution in [0.25, 0.3) is 0 Å². The van der Waals surface area contributed by atoms with Gasteiger partial charge in [0, 0.05) is 24.7 Å². The lowest BCUT2D eigenvalue weighted by molar-refractivity contribution is 0.257. The molecule has 0 aliphatic carbocycles. The van der Waals surface area contributed by atoms with Crippen LogP contribution in [0.5, 0.6) is 0 Å². The molecular formula is C14H23ClN4. The molecule has 0 N–H and O–H groups in total. The third-order valence-electron chi connectivity index (χ3n) is 3.82. The lowest BCUT2D eigenvalue weighted by Crippen LogP contribution is -2.45. The number of nitrogens with zero attached hydrogens (tertiary/aromatic N) is 4. The van der Waals surface area contributed by atoms with Crippen LogP contribution < -0.4 is 4.90 Å². The average Bonchev–Trinajstić information content (AvgIpc) is 2.38. The van der Waals surface area contributed by atoms with Crippen molar-refractivity contribution >= 4 is 17.4 Å². The van der Waals surface area contributed by atoms with Gasteiger partial charge in [0.15, 0.2) is 0 Å². The number of piperidine rings is 1. The predicted molar refractivity (Wildman–Crippen MR) is 80.1 cm³/mol. The highest BCUT2D eigenvalue weighted by atomic mass is 35.5. The summed E-state index contributed by atoms with van der Waals surface area (Å²) in [6.45, 7) is 6.35. The zero-order chi connectivity index (χ0) is 14.0. The number of likely N-dealkylation sites (N-methyl/N-ethyl adjacent to an activating group) is 1. The second kappa shape index (κ2) is 6.06. The Balaban J connectivity index is 2.28. The Morgan fingerprint density at radius 1 is 1.37 bits per heavy atom. The first-order valence-electron chi connectivity index (χ1n) is 6.92. The maximum atomic E-state index is 6.25. The molecule has 1 saturated heterocycles. The maximum absolute atomic E-state index is 6.25. The molecule has 0 saturated carbocycles. The highest BCUT2D eigenvalue weighted by Gasteiger charge is 2.25. The summed E-state index contributed by atoms with van der Waals surface area (Å²) < 4.78 is 0. The van der Waals surface area contributed by atoms with Crippen molar-refractivity contribution in [2.75, 3.05) is 32.1 Å². The van der Waals surface area contributed by atoms with E-state index in [4.69, 9.17) is 11.6 Å². The van der Waals surface area contributed by atoms with E-state index < -0.39 is 0 Å². The summed E-state index contributed by atoms with van der Waals surface area (Å²) >= 11 is 6.25. The Morgan fingerprint density at radius 2 is 2.11 bits per heavy atom. The number of rotatable bonds is 3. The van der Waals surface area contributed by atoms with E-state index in [1.165, 1.54) is 12.8 Å². The fourth-order valence-corrected chi connectivity index (χ4v) is 3.03. The molecule has 4 nitrogen and oxygen atoms in total. The average molecular weight is 283 g/mol. The summed E-state index contributed by atoms with van der Waals surface area (Å²) in [5.74, 6) is 1.35. The molecule has 5 heteroatoms. The quantitative estimate of drug-likeness (QED) is 0.798. The van der Waals surface area contributed by atoms with Gasteiger partial charge in [-0.05, 0) is 32.9 Å². The molecule has 0 amide bonds. The Bertz CT molecular complexity index is 433. The molecule has 1 aromatic heterocycles. The van der Waals surface area contributed by atoms with Crippen LogP contribution in [0.4, 0.5) is 5.82 Å². The van der Waals surface area contributed by atoms with E-state index in [-0.39, 0.29) is 0 Å². The van der Waals surface area contributed by atoms with Crippen LogP contribution in [0.2, 0.25) is 5.15 Å². The molecule has 19 heavy (non-hydrogen) atoms. The van der Waals surface area contributed by atoms with E-state index in [9.17, 15) is 0 Å². The van der Waals surface area contributed by atoms with Crippen molar-refractivity contribution in [2.45, 2.75) is 38.6 Å². The van der Waals surface area contributed by atoms with Gasteiger partial charge in [-0.1, -0.05) is 25.4 Å². The van der Waals surface area contributed by atoms with Crippen molar-refractivity contribution in [3.05, 3.63) is 17.0 Å². The number of halogens is 1. The monoisotopic (exact) mass is 282 g/mol. The highest BCUT2D eigenvalue weighted by Crippen LogP contribution is 2.32. The van der Waals surface area contributed by atoms with Crippen molar-refractivity contribution in [1.29, 1.82) is 0 Å². The van der Waals surface area contributed by atoms with Gasteiger partial charge in [-0.25, -0.2) is 9.97 Å². The van der Waals surface area contributed by atoms with Gasteiger partial charge >= 0.3 is 0 Å². The first-order valence-corrected chi connectivity index (χ1v) is 7.30. The van der Waals surface area contributed by atoms with E-state index in [0.29, 0.717) is 17.1 Å². The Labute approximate surface area is 120 Å². The fourth-order valence-electron chi connectivity index (χ4n) is 2.68. The number of aromatic nitrogens is 2. The van der Waals surface area contributed by atoms with Gasteiger partial charge in [-0.3, -0.25) is 0 Å². The van der Waals surface area contributed by atoms with Crippen molar-refractivity contribution in [1.82, 2.24) is 14.9 Å². The predicted octanol–water partition coefficient (Wildman–Crippen LogP) is 2.78. The summed E-state index contributed by atoms with van der Waals surface area (Å²) in [7, 11) is 4.29. The number of hydrogen-bond acceptors (Lipinski definition) is 4. The minimum absolute atomic E-state index is 0.337. The molecule has 1 aromatic rings. The molecule has 1 aliphatic heterocycles. The first kappa shape index (κ1) is 14.5. The normalized spacial score (nSPS) is 20.4. The molecule has 0 radical (unpaired) electrons. The van der Waals surface area contributed by atoms with Crippen LogP contribution in [-0.2, 0) is 0 Å². The van der Waals surface area contributed by atoms with Gasteiger partial charge < -0.3 is 9.80 Å². The second-order valence-corrected chi connectivity index (χ2v) is 6.12. The molecule has 1 aliphatic rings. The van der Waals surface area contributed by atoms with Crippen LogP contribution >= 0.6 is 11.6 Å². The van der Waals surface area contributed by atoms with Crippen LogP contribution in [0.15, 0.2) is 6.33 Å². The van der Waals surface area contributed by atoms with E-state index in [0.717, 1.165) is 24.5 Å². The van der Waals surface area contributed by atoms with Crippen molar-refractivity contribution in [2.24, 2.45) is 0 Å². The van der Waals surface area contributed by atoms with Crippen LogP contribution in [-0.4, -0.2) is 48.1 Å². The molecule has 2 rings (SSSR count). The summed E-state index contributed by atoms with van der Waals surface area (Å²) in [5, 5.41) is 0.590. The Hall–Kier alpha value is -0.870. The van der Waals surface area contributed by atoms with Crippen molar-refractivity contribution in [3.8, 4) is 0 Å². The lowest BCUT2D eigenvalue weighted by atomic mass is 10.0. The summed E-state index contributed by atoms with van der Waals surface area (Å²) in [6.07, 6.45) is 4.02. The summed E-state index contributed by atoms with van der Waals surface area (Å²) in [5.41, 5.74) is 1.07. The molecule has 2 heterocycles. The lowest BCUT2D eigenvalue weighted by Gasteiger charge is -2.37. The largest absolute Gasteiger partial charge is 0.355 e. The second-order valence-electron chi connectivity index (χ2n) is 5.76. The SMILES string of the molecule is CC(C)c1c(Cl)ncnc1N1CCCC(N(C)C)C1. The van der Waals surface area contributed by atoms with Gasteiger partial charge in [0.2, 0.25) is 0 Å². The van der Waals surface area contributed by atoms with Gasteiger partial charge in [-0.2, -0.15) is 0 Å². The molecular weight excluding hydrogens is 260 g/mol. The van der Waals surface area contributed by atoms with E-state index in [2.05, 4.69) is 47.7 Å². The van der Waals surface area contributed by atoms with E-state index >= 15 is 0 Å². The van der Waals surface area contributed by atoms with Gasteiger partial charge in [-0.15, -0.1) is 0 Å². The first-order chi connectivity index (χ1) is 9.00. The molecule has 1 atom stereocenters. The summed E-state index contributed by atoms with van der Waals surface area (Å²) in [4.78, 5) is 13.3. The molecule has 0 bridgehead atoms. The third kappa shape index (κ3) is 3.18. The smallest absolute Gasteiger partial charge is 0.138 e. The molecule has 1 unspecified atom stereocenters. The minimum Gasteiger partial charge on any atom is -0.355 e. The third-order valence-corrected chi connectivity index (χ3v) is 4.12. The van der Waals surface area contributed by atoms with E-state index in [1.807, 2.05) is 0 Å². The standard InChI is InChI=1S/C14H23ClN4/c1-10(2)12-13(15)16-9-17-14(12)19-7-5-6-11(8-19)18(3)4/h9-11H,5-8H2,1-4H3. The minimum atomic E-state index is 0.337. The maximum Gasteiger partial charge on any atom is 0.138 e. The highest BCUT2D eigenvalue weighted by molar-refractivity contribution is 6.30. The van der Waals surface area contributed by atoms with Crippen molar-refractivity contribution in [3.63, 3.8) is 0 Å². The molecule has 0 aromatic carbocycles.